The van der Waals surface area contributed by atoms with E-state index in [1.807, 2.05) is 6.20 Å². The first-order valence-electron chi connectivity index (χ1n) is 7.90. The molecule has 22 heavy (non-hydrogen) atoms. The van der Waals surface area contributed by atoms with Gasteiger partial charge in [-0.25, -0.2) is 0 Å². The molecule has 0 amide bonds. The van der Waals surface area contributed by atoms with Crippen molar-refractivity contribution < 1.29 is 4.79 Å². The van der Waals surface area contributed by atoms with Crippen LogP contribution in [0, 0.1) is 11.8 Å². The average Bonchev–Trinajstić information content (AvgIpc) is 2.88. The zero-order chi connectivity index (χ0) is 15.7. The molecule has 0 radical (unpaired) electrons. The van der Waals surface area contributed by atoms with Crippen LogP contribution in [0.1, 0.15) is 44.6 Å². The van der Waals surface area contributed by atoms with Crippen LogP contribution >= 0.6 is 0 Å². The number of hydrogen-bond donors (Lipinski definition) is 3. The van der Waals surface area contributed by atoms with E-state index in [0.717, 1.165) is 44.1 Å². The number of nitrogens with zero attached hydrogens (tertiary/aromatic N) is 1. The highest BCUT2D eigenvalue weighted by molar-refractivity contribution is 5.79. The van der Waals surface area contributed by atoms with Gasteiger partial charge in [0.15, 0.2) is 0 Å². The molecule has 1 saturated carbocycles. The van der Waals surface area contributed by atoms with Gasteiger partial charge in [0.05, 0.1) is 5.39 Å². The van der Waals surface area contributed by atoms with Crippen LogP contribution in [0.2, 0.25) is 0 Å². The van der Waals surface area contributed by atoms with Crippen molar-refractivity contribution in [3.8, 4) is 0 Å². The maximum absolute atomic E-state index is 12.0. The molecular formula is C16H22N4O2. The van der Waals surface area contributed by atoms with Crippen molar-refractivity contribution in [1.82, 2.24) is 15.0 Å². The topological polar surface area (TPSA) is 105 Å². The average molecular weight is 302 g/mol. The number of carbonyl (C=O) groups excluding carboxylic acids is 1. The third-order valence-corrected chi connectivity index (χ3v) is 4.89. The highest BCUT2D eigenvalue weighted by Crippen LogP contribution is 2.32. The summed E-state index contributed by atoms with van der Waals surface area (Å²) in [5, 5.41) is 0.617. The highest BCUT2D eigenvalue weighted by Gasteiger charge is 2.24. The zero-order valence-corrected chi connectivity index (χ0v) is 12.8. The van der Waals surface area contributed by atoms with Crippen molar-refractivity contribution in [2.45, 2.75) is 45.4 Å². The number of nitrogen functional groups attached to an aromatic ring is 1. The summed E-state index contributed by atoms with van der Waals surface area (Å²) in [4.78, 5) is 33.1. The number of aromatic amines is 2. The van der Waals surface area contributed by atoms with Crippen molar-refractivity contribution in [2.24, 2.45) is 11.8 Å². The number of fused-ring (bicyclic) bond motifs is 1. The quantitative estimate of drug-likeness (QED) is 0.804. The van der Waals surface area contributed by atoms with Gasteiger partial charge in [0.25, 0.3) is 5.56 Å². The molecule has 1 aliphatic carbocycles. The summed E-state index contributed by atoms with van der Waals surface area (Å²) >= 11 is 0. The van der Waals surface area contributed by atoms with Crippen molar-refractivity contribution in [2.75, 3.05) is 5.73 Å². The van der Waals surface area contributed by atoms with E-state index < -0.39 is 0 Å². The normalized spacial score (nSPS) is 22.0. The number of nitrogens with one attached hydrogen (secondary N) is 2. The summed E-state index contributed by atoms with van der Waals surface area (Å²) in [6.45, 7) is 1.70. The number of hydrogen-bond acceptors (Lipinski definition) is 4. The van der Waals surface area contributed by atoms with Crippen LogP contribution in [-0.4, -0.2) is 20.7 Å². The molecule has 2 aromatic heterocycles. The molecule has 0 saturated heterocycles. The Morgan fingerprint density at radius 1 is 1.36 bits per heavy atom. The van der Waals surface area contributed by atoms with E-state index in [-0.39, 0.29) is 17.4 Å². The first kappa shape index (κ1) is 14.8. The third kappa shape index (κ3) is 2.91. The molecule has 0 bridgehead atoms. The molecule has 0 aliphatic heterocycles. The number of ketones is 1. The van der Waals surface area contributed by atoms with Crippen LogP contribution in [0.4, 0.5) is 5.95 Å². The fraction of sp³-hybridized carbons (Fsp3) is 0.562. The van der Waals surface area contributed by atoms with Crippen molar-refractivity contribution in [3.63, 3.8) is 0 Å². The van der Waals surface area contributed by atoms with Crippen molar-refractivity contribution in [3.05, 3.63) is 22.1 Å². The smallest absolute Gasteiger partial charge is 0.262 e. The molecule has 0 aromatic carbocycles. The van der Waals surface area contributed by atoms with Gasteiger partial charge in [0.1, 0.15) is 11.4 Å². The second-order valence-corrected chi connectivity index (χ2v) is 6.36. The zero-order valence-electron chi connectivity index (χ0n) is 12.8. The molecular weight excluding hydrogens is 280 g/mol. The molecule has 1 aliphatic rings. The van der Waals surface area contributed by atoms with Gasteiger partial charge in [-0.05, 0) is 56.9 Å². The lowest BCUT2D eigenvalue weighted by molar-refractivity contribution is -0.121. The number of aryl methyl sites for hydroxylation is 1. The molecule has 0 atom stereocenters. The second kappa shape index (κ2) is 5.94. The van der Waals surface area contributed by atoms with E-state index in [2.05, 4.69) is 15.0 Å². The summed E-state index contributed by atoms with van der Waals surface area (Å²) in [5.41, 5.74) is 6.92. The molecule has 118 valence electrons. The van der Waals surface area contributed by atoms with E-state index in [0.29, 0.717) is 22.7 Å². The minimum absolute atomic E-state index is 0.133. The molecule has 6 nitrogen and oxygen atoms in total. The van der Waals surface area contributed by atoms with Gasteiger partial charge in [0, 0.05) is 12.1 Å². The molecule has 2 heterocycles. The van der Waals surface area contributed by atoms with Gasteiger partial charge in [-0.2, -0.15) is 4.98 Å². The monoisotopic (exact) mass is 302 g/mol. The molecule has 0 unspecified atom stereocenters. The predicted octanol–water partition coefficient (Wildman–Crippen LogP) is 2.16. The maximum Gasteiger partial charge on any atom is 0.262 e. The second-order valence-electron chi connectivity index (χ2n) is 6.36. The summed E-state index contributed by atoms with van der Waals surface area (Å²) in [7, 11) is 0. The molecule has 1 fully saturated rings. The Hall–Kier alpha value is -2.11. The molecule has 2 aromatic rings. The van der Waals surface area contributed by atoms with Crippen LogP contribution in [0.15, 0.2) is 11.0 Å². The minimum Gasteiger partial charge on any atom is -0.369 e. The Morgan fingerprint density at radius 3 is 2.77 bits per heavy atom. The standard InChI is InChI=1S/C16H22N4O2/c1-9(21)11-5-2-10(3-6-11)4-7-12-8-18-14-13(12)15(22)20-16(17)19-14/h8,10-11H,2-7H2,1H3,(H4,17,18,19,20,22). The summed E-state index contributed by atoms with van der Waals surface area (Å²) in [6, 6.07) is 0. The number of nitrogens with two attached hydrogens (primary N) is 1. The van der Waals surface area contributed by atoms with E-state index >= 15 is 0 Å². The van der Waals surface area contributed by atoms with Crippen LogP contribution in [-0.2, 0) is 11.2 Å². The molecule has 0 spiro atoms. The minimum atomic E-state index is -0.181. The SMILES string of the molecule is CC(=O)C1CCC(CCc2c[nH]c3nc(N)[nH]c(=O)c23)CC1. The Labute approximate surface area is 128 Å². The fourth-order valence-electron chi connectivity index (χ4n) is 3.54. The Kier molecular flexibility index (Phi) is 4.00. The van der Waals surface area contributed by atoms with Gasteiger partial charge in [-0.3, -0.25) is 14.6 Å². The first-order chi connectivity index (χ1) is 10.5. The highest BCUT2D eigenvalue weighted by atomic mass is 16.1. The lowest BCUT2D eigenvalue weighted by atomic mass is 9.78. The lowest BCUT2D eigenvalue weighted by Gasteiger charge is -2.26. The predicted molar refractivity (Wildman–Crippen MR) is 85.6 cm³/mol. The van der Waals surface area contributed by atoms with Gasteiger partial charge in [-0.15, -0.1) is 0 Å². The van der Waals surface area contributed by atoms with Crippen molar-refractivity contribution >= 4 is 22.8 Å². The van der Waals surface area contributed by atoms with E-state index in [4.69, 9.17) is 5.73 Å². The Morgan fingerprint density at radius 2 is 2.09 bits per heavy atom. The summed E-state index contributed by atoms with van der Waals surface area (Å²) < 4.78 is 0. The Balaban J connectivity index is 1.66. The van der Waals surface area contributed by atoms with Gasteiger partial charge in [-0.1, -0.05) is 0 Å². The lowest BCUT2D eigenvalue weighted by Crippen LogP contribution is -2.20. The molecule has 4 N–H and O–H groups in total. The van der Waals surface area contributed by atoms with Crippen molar-refractivity contribution in [1.29, 1.82) is 0 Å². The number of Topliss-reactive ketones (excluding diaryl/α,β-unsaturated/α-hetero) is 1. The van der Waals surface area contributed by atoms with Crippen LogP contribution < -0.4 is 11.3 Å². The van der Waals surface area contributed by atoms with Crippen LogP contribution in [0.25, 0.3) is 11.0 Å². The number of H-pyrrole nitrogens is 2. The number of carbonyl (C=O) groups is 1. The number of rotatable bonds is 4. The third-order valence-electron chi connectivity index (χ3n) is 4.89. The van der Waals surface area contributed by atoms with E-state index in [9.17, 15) is 9.59 Å². The van der Waals surface area contributed by atoms with Gasteiger partial charge < -0.3 is 10.7 Å². The van der Waals surface area contributed by atoms with E-state index in [1.165, 1.54) is 0 Å². The molecule has 6 heteroatoms. The van der Waals surface area contributed by atoms with Gasteiger partial charge >= 0.3 is 0 Å². The fourth-order valence-corrected chi connectivity index (χ4v) is 3.54. The van der Waals surface area contributed by atoms with Crippen LogP contribution in [0.3, 0.4) is 0 Å². The molecule has 3 rings (SSSR count). The summed E-state index contributed by atoms with van der Waals surface area (Å²) in [5.74, 6) is 1.36. The largest absolute Gasteiger partial charge is 0.369 e. The van der Waals surface area contributed by atoms with E-state index in [1.54, 1.807) is 6.92 Å². The number of aromatic nitrogens is 3. The first-order valence-corrected chi connectivity index (χ1v) is 7.90. The Bertz CT molecular complexity index is 738. The number of anilines is 1. The summed E-state index contributed by atoms with van der Waals surface area (Å²) in [6.07, 6.45) is 7.97. The van der Waals surface area contributed by atoms with Gasteiger partial charge in [0.2, 0.25) is 5.95 Å². The van der Waals surface area contributed by atoms with Crippen LogP contribution in [0.5, 0.6) is 0 Å². The maximum atomic E-state index is 12.0.